The molecule has 7 heteroatoms. The van der Waals surface area contributed by atoms with Gasteiger partial charge >= 0.3 is 0 Å². The van der Waals surface area contributed by atoms with E-state index in [9.17, 15) is 9.90 Å². The Labute approximate surface area is 186 Å². The molecule has 1 N–H and O–H groups in total. The first-order chi connectivity index (χ1) is 15.1. The summed E-state index contributed by atoms with van der Waals surface area (Å²) >= 11 is -0.746. The van der Waals surface area contributed by atoms with E-state index in [4.69, 9.17) is 0 Å². The highest BCUT2D eigenvalue weighted by atomic mass is 32.2. The lowest BCUT2D eigenvalue weighted by Gasteiger charge is -2.40. The summed E-state index contributed by atoms with van der Waals surface area (Å²) in [5.74, 6) is 0.491. The number of hydrogen-bond acceptors (Lipinski definition) is 5. The summed E-state index contributed by atoms with van der Waals surface area (Å²) in [4.78, 5) is 22.1. The number of aliphatic hydroxyl groups excluding tert-OH is 1. The van der Waals surface area contributed by atoms with Crippen LogP contribution in [0.3, 0.4) is 0 Å². The molecule has 0 bridgehead atoms. The Hall–Kier alpha value is -2.22. The highest BCUT2D eigenvalue weighted by molar-refractivity contribution is 8.32. The van der Waals surface area contributed by atoms with Gasteiger partial charge in [0.2, 0.25) is 0 Å². The summed E-state index contributed by atoms with van der Waals surface area (Å²) in [6, 6.07) is 8.60. The Kier molecular flexibility index (Phi) is 5.58. The van der Waals surface area contributed by atoms with Crippen LogP contribution in [0, 0.1) is 5.92 Å². The molecular formula is C24H30N4O2S. The van der Waals surface area contributed by atoms with Crippen molar-refractivity contribution in [3.05, 3.63) is 53.5 Å². The average molecular weight is 439 g/mol. The summed E-state index contributed by atoms with van der Waals surface area (Å²) in [5, 5.41) is 12.2. The minimum Gasteiger partial charge on any atom is -0.393 e. The second-order valence-electron chi connectivity index (χ2n) is 8.66. The topological polar surface area (TPSA) is 70.7 Å². The summed E-state index contributed by atoms with van der Waals surface area (Å²) in [5.41, 5.74) is 3.65. The van der Waals surface area contributed by atoms with E-state index in [0.717, 1.165) is 41.6 Å². The van der Waals surface area contributed by atoms with Crippen LogP contribution in [-0.4, -0.2) is 49.0 Å². The maximum Gasteiger partial charge on any atom is 0.170 e. The fraction of sp³-hybridized carbons (Fsp3) is 0.458. The number of imidazole rings is 1. The lowest BCUT2D eigenvalue weighted by atomic mass is 9.87. The van der Waals surface area contributed by atoms with E-state index in [1.54, 1.807) is 6.20 Å². The molecule has 6 nitrogen and oxygen atoms in total. The number of fused-ring (bicyclic) bond motifs is 3. The Morgan fingerprint density at radius 1 is 1.29 bits per heavy atom. The van der Waals surface area contributed by atoms with Crippen molar-refractivity contribution in [2.24, 2.45) is 10.9 Å². The first-order valence-electron chi connectivity index (χ1n) is 11.2. The number of aliphatic hydroxyl groups is 1. The van der Waals surface area contributed by atoms with Crippen LogP contribution in [0.1, 0.15) is 51.1 Å². The van der Waals surface area contributed by atoms with Gasteiger partial charge in [-0.3, -0.25) is 14.1 Å². The molecule has 0 aliphatic carbocycles. The van der Waals surface area contributed by atoms with E-state index in [2.05, 4.69) is 43.1 Å². The smallest absolute Gasteiger partial charge is 0.170 e. The highest BCUT2D eigenvalue weighted by Crippen LogP contribution is 2.48. The second-order valence-corrected chi connectivity index (χ2v) is 11.0. The molecule has 3 atom stereocenters. The molecule has 0 spiro atoms. The molecule has 0 amide bonds. The first-order valence-corrected chi connectivity index (χ1v) is 12.5. The number of aromatic nitrogens is 2. The number of allylic oxidation sites excluding steroid dienone is 1. The van der Waals surface area contributed by atoms with Gasteiger partial charge in [-0.1, -0.05) is 31.2 Å². The van der Waals surface area contributed by atoms with E-state index in [-0.39, 0.29) is 23.8 Å². The van der Waals surface area contributed by atoms with Gasteiger partial charge in [-0.2, -0.15) is 0 Å². The van der Waals surface area contributed by atoms with Crippen LogP contribution in [-0.2, 0) is 4.79 Å². The van der Waals surface area contributed by atoms with Crippen LogP contribution < -0.4 is 0 Å². The Bertz CT molecular complexity index is 1050. The zero-order valence-corrected chi connectivity index (χ0v) is 19.0. The molecule has 5 rings (SSSR count). The van der Waals surface area contributed by atoms with Gasteiger partial charge in [0.25, 0.3) is 0 Å². The third-order valence-corrected chi connectivity index (χ3v) is 9.44. The quantitative estimate of drug-likeness (QED) is 0.667. The first kappa shape index (κ1) is 20.7. The number of hydrogen-bond donors (Lipinski definition) is 2. The number of carbonyl (C=O) groups excluding carboxylic acids is 1. The third kappa shape index (κ3) is 3.58. The maximum absolute atomic E-state index is 12.4. The van der Waals surface area contributed by atoms with Crippen molar-refractivity contribution in [3.63, 3.8) is 0 Å². The molecule has 3 aliphatic heterocycles. The maximum atomic E-state index is 12.4. The molecule has 2 aromatic rings. The van der Waals surface area contributed by atoms with E-state index in [1.165, 1.54) is 11.1 Å². The highest BCUT2D eigenvalue weighted by Gasteiger charge is 2.36. The minimum atomic E-state index is -0.746. The van der Waals surface area contributed by atoms with Crippen LogP contribution in [0.25, 0.3) is 11.3 Å². The normalized spacial score (nSPS) is 25.6. The fourth-order valence-electron chi connectivity index (χ4n) is 5.23. The number of benzene rings is 1. The number of piperidine rings is 1. The molecule has 3 aliphatic rings. The molecule has 164 valence electrons. The standard InChI is InChI=1S/C24H30N4O2S/c1-3-22(29)24-14-26-16(2)31(24)27-10-8-17(9-11-27)23(30)12-20-18-6-4-5-7-19(18)21-13-25-15-28(20)21/h4-7,13-15,17,20,23,30-31H,3,8-12H2,1-2H3. The molecule has 3 unspecified atom stereocenters. The van der Waals surface area contributed by atoms with Crippen LogP contribution in [0.4, 0.5) is 0 Å². The summed E-state index contributed by atoms with van der Waals surface area (Å²) in [7, 11) is 0. The molecule has 4 heterocycles. The van der Waals surface area contributed by atoms with Crippen LogP contribution in [0.15, 0.2) is 52.9 Å². The van der Waals surface area contributed by atoms with Gasteiger partial charge in [-0.15, -0.1) is 11.1 Å². The van der Waals surface area contributed by atoms with Crippen molar-refractivity contribution in [2.45, 2.75) is 51.7 Å². The van der Waals surface area contributed by atoms with E-state index in [0.29, 0.717) is 12.8 Å². The average Bonchev–Trinajstić information content (AvgIpc) is 3.49. The molecule has 1 aromatic heterocycles. The number of ketones is 1. The van der Waals surface area contributed by atoms with Gasteiger partial charge in [0.05, 0.1) is 40.3 Å². The van der Waals surface area contributed by atoms with Crippen LogP contribution in [0.5, 0.6) is 0 Å². The predicted molar refractivity (Wildman–Crippen MR) is 126 cm³/mol. The molecule has 1 aromatic carbocycles. The van der Waals surface area contributed by atoms with E-state index < -0.39 is 11.1 Å². The summed E-state index contributed by atoms with van der Waals surface area (Å²) in [6.07, 6.45) is 8.37. The van der Waals surface area contributed by atoms with Crippen molar-refractivity contribution >= 4 is 21.9 Å². The number of Topliss-reactive ketones (excluding diaryl/α,β-unsaturated/α-hetero) is 1. The lowest BCUT2D eigenvalue weighted by molar-refractivity contribution is -0.114. The van der Waals surface area contributed by atoms with Gasteiger partial charge in [-0.25, -0.2) is 4.98 Å². The fourth-order valence-corrected chi connectivity index (χ4v) is 7.65. The minimum absolute atomic E-state index is 0.145. The predicted octanol–water partition coefficient (Wildman–Crippen LogP) is 4.08. The van der Waals surface area contributed by atoms with Crippen molar-refractivity contribution in [3.8, 4) is 11.3 Å². The monoisotopic (exact) mass is 438 g/mol. The van der Waals surface area contributed by atoms with E-state index in [1.807, 2.05) is 26.4 Å². The van der Waals surface area contributed by atoms with Crippen LogP contribution in [0.2, 0.25) is 0 Å². The Balaban J connectivity index is 1.24. The van der Waals surface area contributed by atoms with Gasteiger partial charge in [0, 0.05) is 31.3 Å². The summed E-state index contributed by atoms with van der Waals surface area (Å²) < 4.78 is 4.64. The largest absolute Gasteiger partial charge is 0.393 e. The number of rotatable bonds is 6. The van der Waals surface area contributed by atoms with Gasteiger partial charge in [0.1, 0.15) is 0 Å². The third-order valence-electron chi connectivity index (χ3n) is 6.92. The zero-order valence-electron chi connectivity index (χ0n) is 18.1. The number of carbonyl (C=O) groups is 1. The number of nitrogens with zero attached hydrogens (tertiary/aromatic N) is 4. The SMILES string of the molecule is CCC(=O)C1=CN=C(C)[SH]1N1CCC(C(O)CC2c3ccccc3-c3cncn32)CC1. The van der Waals surface area contributed by atoms with Gasteiger partial charge < -0.3 is 9.67 Å². The molecular weight excluding hydrogens is 408 g/mol. The van der Waals surface area contributed by atoms with E-state index >= 15 is 0 Å². The summed E-state index contributed by atoms with van der Waals surface area (Å²) in [6.45, 7) is 5.78. The molecule has 1 saturated heterocycles. The molecule has 0 saturated carbocycles. The van der Waals surface area contributed by atoms with Crippen molar-refractivity contribution in [1.82, 2.24) is 13.9 Å². The van der Waals surface area contributed by atoms with Crippen molar-refractivity contribution in [1.29, 1.82) is 0 Å². The van der Waals surface area contributed by atoms with Crippen molar-refractivity contribution < 1.29 is 9.90 Å². The van der Waals surface area contributed by atoms with Crippen molar-refractivity contribution in [2.75, 3.05) is 13.1 Å². The lowest BCUT2D eigenvalue weighted by Crippen LogP contribution is -2.38. The second kappa shape index (κ2) is 8.37. The van der Waals surface area contributed by atoms with Crippen LogP contribution >= 0.6 is 11.1 Å². The molecule has 0 radical (unpaired) electrons. The molecule has 1 fully saturated rings. The van der Waals surface area contributed by atoms with Gasteiger partial charge in [-0.05, 0) is 37.7 Å². The number of thiol groups is 1. The number of aliphatic imine (C=N–C) groups is 1. The molecule has 31 heavy (non-hydrogen) atoms. The Morgan fingerprint density at radius 3 is 2.84 bits per heavy atom. The van der Waals surface area contributed by atoms with Gasteiger partial charge in [0.15, 0.2) is 5.78 Å². The Morgan fingerprint density at radius 2 is 2.06 bits per heavy atom. The zero-order chi connectivity index (χ0) is 21.5.